The average molecular weight is 202 g/mol. The third-order valence-electron chi connectivity index (χ3n) is 1.98. The molecular weight excluding hydrogens is 180 g/mol. The van der Waals surface area contributed by atoms with Crippen molar-refractivity contribution in [1.82, 2.24) is 10.6 Å². The van der Waals surface area contributed by atoms with E-state index in [1.54, 1.807) is 7.05 Å². The highest BCUT2D eigenvalue weighted by molar-refractivity contribution is 5.80. The van der Waals surface area contributed by atoms with E-state index in [4.69, 9.17) is 4.74 Å². The first-order valence-corrected chi connectivity index (χ1v) is 5.25. The summed E-state index contributed by atoms with van der Waals surface area (Å²) >= 11 is 0. The van der Waals surface area contributed by atoms with Gasteiger partial charge in [-0.2, -0.15) is 0 Å². The van der Waals surface area contributed by atoms with Crippen LogP contribution < -0.4 is 10.6 Å². The predicted molar refractivity (Wildman–Crippen MR) is 57.3 cm³/mol. The van der Waals surface area contributed by atoms with Gasteiger partial charge in [0.15, 0.2) is 0 Å². The third kappa shape index (κ3) is 6.86. The predicted octanol–water partition coefficient (Wildman–Crippen LogP) is 0.527. The fourth-order valence-electron chi connectivity index (χ4n) is 1.01. The number of rotatable bonds is 8. The van der Waals surface area contributed by atoms with Crippen molar-refractivity contribution in [3.8, 4) is 0 Å². The third-order valence-corrected chi connectivity index (χ3v) is 1.98. The van der Waals surface area contributed by atoms with E-state index in [1.165, 1.54) is 0 Å². The molecule has 0 bridgehead atoms. The first kappa shape index (κ1) is 13.4. The van der Waals surface area contributed by atoms with Gasteiger partial charge in [-0.05, 0) is 13.3 Å². The normalized spacial score (nSPS) is 12.5. The lowest BCUT2D eigenvalue weighted by Crippen LogP contribution is -2.41. The van der Waals surface area contributed by atoms with E-state index in [1.807, 2.05) is 6.92 Å². The molecular formula is C10H22N2O2. The Morgan fingerprint density at radius 3 is 2.71 bits per heavy atom. The largest absolute Gasteiger partial charge is 0.380 e. The van der Waals surface area contributed by atoms with Gasteiger partial charge < -0.3 is 15.4 Å². The molecule has 1 unspecified atom stereocenters. The van der Waals surface area contributed by atoms with Crippen LogP contribution in [-0.2, 0) is 9.53 Å². The zero-order valence-electron chi connectivity index (χ0n) is 9.43. The number of amides is 1. The molecule has 4 heteroatoms. The maximum Gasteiger partial charge on any atom is 0.236 e. The first-order valence-electron chi connectivity index (χ1n) is 5.25. The number of nitrogens with one attached hydrogen (secondary N) is 2. The lowest BCUT2D eigenvalue weighted by atomic mass is 10.3. The van der Waals surface area contributed by atoms with Gasteiger partial charge in [-0.15, -0.1) is 0 Å². The molecule has 1 atom stereocenters. The fraction of sp³-hybridized carbons (Fsp3) is 0.900. The molecule has 0 fully saturated rings. The molecule has 0 aromatic heterocycles. The second-order valence-electron chi connectivity index (χ2n) is 3.26. The van der Waals surface area contributed by atoms with Gasteiger partial charge in [0.05, 0.1) is 12.6 Å². The van der Waals surface area contributed by atoms with Crippen molar-refractivity contribution in [3.05, 3.63) is 0 Å². The molecule has 1 amide bonds. The van der Waals surface area contributed by atoms with Gasteiger partial charge in [0.1, 0.15) is 0 Å². The standard InChI is InChI=1S/C10H22N2O2/c1-4-5-7-14-8-6-12-9(2)10(13)11-3/h9,12H,4-8H2,1-3H3,(H,11,13). The molecule has 14 heavy (non-hydrogen) atoms. The number of unbranched alkanes of at least 4 members (excludes halogenated alkanes) is 1. The van der Waals surface area contributed by atoms with E-state index in [0.717, 1.165) is 26.0 Å². The first-order chi connectivity index (χ1) is 6.72. The molecule has 0 aliphatic rings. The summed E-state index contributed by atoms with van der Waals surface area (Å²) in [5, 5.41) is 5.66. The smallest absolute Gasteiger partial charge is 0.236 e. The number of likely N-dealkylation sites (N-methyl/N-ethyl adjacent to an activating group) is 1. The molecule has 0 rings (SSSR count). The van der Waals surface area contributed by atoms with Crippen LogP contribution in [0.1, 0.15) is 26.7 Å². The van der Waals surface area contributed by atoms with Gasteiger partial charge in [-0.3, -0.25) is 4.79 Å². The minimum Gasteiger partial charge on any atom is -0.380 e. The Morgan fingerprint density at radius 2 is 2.14 bits per heavy atom. The quantitative estimate of drug-likeness (QED) is 0.564. The molecule has 0 saturated carbocycles. The molecule has 0 spiro atoms. The fourth-order valence-corrected chi connectivity index (χ4v) is 1.01. The van der Waals surface area contributed by atoms with Gasteiger partial charge in [-0.1, -0.05) is 13.3 Å². The van der Waals surface area contributed by atoms with E-state index in [0.29, 0.717) is 6.61 Å². The second-order valence-corrected chi connectivity index (χ2v) is 3.26. The van der Waals surface area contributed by atoms with Crippen molar-refractivity contribution in [3.63, 3.8) is 0 Å². The molecule has 0 aliphatic carbocycles. The minimum absolute atomic E-state index is 0.0126. The average Bonchev–Trinajstić information content (AvgIpc) is 2.21. The van der Waals surface area contributed by atoms with Crippen molar-refractivity contribution in [2.24, 2.45) is 0 Å². The summed E-state index contributed by atoms with van der Waals surface area (Å²) in [5.41, 5.74) is 0. The summed E-state index contributed by atoms with van der Waals surface area (Å²) < 4.78 is 5.34. The molecule has 0 saturated heterocycles. The van der Waals surface area contributed by atoms with Crippen LogP contribution in [0.2, 0.25) is 0 Å². The number of hydrogen-bond acceptors (Lipinski definition) is 3. The molecule has 2 N–H and O–H groups in total. The maximum absolute atomic E-state index is 11.1. The van der Waals surface area contributed by atoms with Crippen LogP contribution in [0, 0.1) is 0 Å². The number of carbonyl (C=O) groups is 1. The van der Waals surface area contributed by atoms with E-state index >= 15 is 0 Å². The Labute approximate surface area is 86.4 Å². The van der Waals surface area contributed by atoms with Gasteiger partial charge in [0, 0.05) is 20.2 Å². The summed E-state index contributed by atoms with van der Waals surface area (Å²) in [6.07, 6.45) is 2.26. The maximum atomic E-state index is 11.1. The summed E-state index contributed by atoms with van der Waals surface area (Å²) in [6, 6.07) is -0.144. The van der Waals surface area contributed by atoms with Gasteiger partial charge in [-0.25, -0.2) is 0 Å². The molecule has 0 aromatic rings. The Hall–Kier alpha value is -0.610. The number of ether oxygens (including phenoxy) is 1. The van der Waals surface area contributed by atoms with Gasteiger partial charge in [0.2, 0.25) is 5.91 Å². The zero-order chi connectivity index (χ0) is 10.8. The van der Waals surface area contributed by atoms with Crippen LogP contribution >= 0.6 is 0 Å². The summed E-state index contributed by atoms with van der Waals surface area (Å²) in [5.74, 6) is 0.0126. The Kier molecular flexibility index (Phi) is 8.57. The van der Waals surface area contributed by atoms with Crippen molar-refractivity contribution in [2.45, 2.75) is 32.7 Å². The number of hydrogen-bond donors (Lipinski definition) is 2. The van der Waals surface area contributed by atoms with Crippen molar-refractivity contribution in [2.75, 3.05) is 26.8 Å². The van der Waals surface area contributed by atoms with Gasteiger partial charge in [0.25, 0.3) is 0 Å². The summed E-state index contributed by atoms with van der Waals surface area (Å²) in [6.45, 7) is 6.17. The van der Waals surface area contributed by atoms with E-state index in [2.05, 4.69) is 17.6 Å². The highest BCUT2D eigenvalue weighted by atomic mass is 16.5. The number of carbonyl (C=O) groups excluding carboxylic acids is 1. The van der Waals surface area contributed by atoms with E-state index in [9.17, 15) is 4.79 Å². The van der Waals surface area contributed by atoms with Crippen molar-refractivity contribution < 1.29 is 9.53 Å². The zero-order valence-corrected chi connectivity index (χ0v) is 9.43. The van der Waals surface area contributed by atoms with Crippen molar-refractivity contribution in [1.29, 1.82) is 0 Å². The monoisotopic (exact) mass is 202 g/mol. The van der Waals surface area contributed by atoms with Crippen LogP contribution in [0.25, 0.3) is 0 Å². The molecule has 0 radical (unpaired) electrons. The van der Waals surface area contributed by atoms with Gasteiger partial charge >= 0.3 is 0 Å². The van der Waals surface area contributed by atoms with Crippen LogP contribution in [-0.4, -0.2) is 38.8 Å². The molecule has 0 aromatic carbocycles. The van der Waals surface area contributed by atoms with E-state index in [-0.39, 0.29) is 11.9 Å². The van der Waals surface area contributed by atoms with Crippen LogP contribution in [0.15, 0.2) is 0 Å². The topological polar surface area (TPSA) is 50.4 Å². The lowest BCUT2D eigenvalue weighted by molar-refractivity contribution is -0.122. The van der Waals surface area contributed by atoms with Crippen LogP contribution in [0.4, 0.5) is 0 Å². The molecule has 84 valence electrons. The van der Waals surface area contributed by atoms with Crippen LogP contribution in [0.5, 0.6) is 0 Å². The highest BCUT2D eigenvalue weighted by Gasteiger charge is 2.08. The molecule has 0 heterocycles. The van der Waals surface area contributed by atoms with E-state index < -0.39 is 0 Å². The summed E-state index contributed by atoms with van der Waals surface area (Å²) in [7, 11) is 1.64. The van der Waals surface area contributed by atoms with Crippen LogP contribution in [0.3, 0.4) is 0 Å². The SMILES string of the molecule is CCCCOCCNC(C)C(=O)NC. The Bertz CT molecular complexity index is 151. The molecule has 0 aliphatic heterocycles. The Balaban J connectivity index is 3.23. The molecule has 4 nitrogen and oxygen atoms in total. The minimum atomic E-state index is -0.144. The second kappa shape index (κ2) is 8.97. The lowest BCUT2D eigenvalue weighted by Gasteiger charge is -2.11. The summed E-state index contributed by atoms with van der Waals surface area (Å²) in [4.78, 5) is 11.1. The highest BCUT2D eigenvalue weighted by Crippen LogP contribution is 1.87. The Morgan fingerprint density at radius 1 is 1.43 bits per heavy atom. The van der Waals surface area contributed by atoms with Crippen molar-refractivity contribution >= 4 is 5.91 Å².